The van der Waals surface area contributed by atoms with E-state index < -0.39 is 5.97 Å². The molecule has 0 amide bonds. The standard InChI is InChI=1S/C2H3Cl.C2H4O2.C2H6O2/c1-2-3;1-2(3)4;3-1-2-4/h2H,1H2;1H3,(H,3,4);3-4H,1-2H2. The van der Waals surface area contributed by atoms with E-state index in [0.29, 0.717) is 0 Å². The average Bonchev–Trinajstić information content (AvgIpc) is 1.88. The Morgan fingerprint density at radius 2 is 1.64 bits per heavy atom. The Balaban J connectivity index is -0.0000000886. The molecule has 5 heteroatoms. The molecular weight excluding hydrogens is 172 g/mol. The zero-order valence-corrected chi connectivity index (χ0v) is 7.08. The highest BCUT2D eigenvalue weighted by atomic mass is 35.5. The van der Waals surface area contributed by atoms with E-state index >= 15 is 0 Å². The Hall–Kier alpha value is -0.580. The number of hydrogen-bond donors (Lipinski definition) is 3. The van der Waals surface area contributed by atoms with Crippen LogP contribution in [0.3, 0.4) is 0 Å². The van der Waals surface area contributed by atoms with Gasteiger partial charge in [0.1, 0.15) is 0 Å². The molecule has 0 atom stereocenters. The molecule has 0 aromatic rings. The molecule has 0 saturated carbocycles. The number of aliphatic carboxylic acids is 1. The van der Waals surface area contributed by atoms with Crippen LogP contribution in [0.5, 0.6) is 0 Å². The second-order valence-electron chi connectivity index (χ2n) is 1.12. The molecule has 0 aliphatic carbocycles. The molecule has 0 aromatic carbocycles. The molecule has 0 bridgehead atoms. The molecule has 11 heavy (non-hydrogen) atoms. The minimum atomic E-state index is -0.833. The first-order chi connectivity index (χ1) is 5.06. The monoisotopic (exact) mass is 184 g/mol. The molecule has 0 aliphatic heterocycles. The molecule has 0 fully saturated rings. The Labute approximate surface area is 70.7 Å². The summed E-state index contributed by atoms with van der Waals surface area (Å²) in [6.45, 7) is 3.96. The van der Waals surface area contributed by atoms with Gasteiger partial charge in [0.25, 0.3) is 5.97 Å². The Morgan fingerprint density at radius 3 is 1.64 bits per heavy atom. The number of carbonyl (C=O) groups is 1. The Kier molecular flexibility index (Phi) is 34.7. The maximum atomic E-state index is 9.00. The molecule has 0 spiro atoms. The van der Waals surface area contributed by atoms with Crippen LogP contribution < -0.4 is 0 Å². The summed E-state index contributed by atoms with van der Waals surface area (Å²) in [4.78, 5) is 9.00. The zero-order chi connectivity index (χ0) is 9.70. The molecule has 0 aromatic heterocycles. The van der Waals surface area contributed by atoms with Gasteiger partial charge in [0.15, 0.2) is 0 Å². The van der Waals surface area contributed by atoms with Gasteiger partial charge < -0.3 is 15.3 Å². The van der Waals surface area contributed by atoms with Gasteiger partial charge in [-0.15, -0.1) is 0 Å². The number of aliphatic hydroxyl groups is 2. The maximum absolute atomic E-state index is 9.00. The fraction of sp³-hybridized carbons (Fsp3) is 0.500. The number of carboxylic acid groups (broad SMARTS) is 1. The van der Waals surface area contributed by atoms with Gasteiger partial charge in [-0.05, 0) is 5.54 Å². The van der Waals surface area contributed by atoms with Crippen LogP contribution in [0, 0.1) is 0 Å². The third-order valence-electron chi connectivity index (χ3n) is 0.1000. The molecule has 0 heterocycles. The summed E-state index contributed by atoms with van der Waals surface area (Å²) in [6, 6.07) is 0. The van der Waals surface area contributed by atoms with Gasteiger partial charge >= 0.3 is 0 Å². The molecule has 0 aliphatic rings. The summed E-state index contributed by atoms with van der Waals surface area (Å²) in [6.07, 6.45) is 0. The lowest BCUT2D eigenvalue weighted by Crippen LogP contribution is -1.85. The van der Waals surface area contributed by atoms with Crippen LogP contribution in [0.1, 0.15) is 6.92 Å². The lowest BCUT2D eigenvalue weighted by atomic mass is 10.8. The first-order valence-electron chi connectivity index (χ1n) is 2.69. The summed E-state index contributed by atoms with van der Waals surface area (Å²) >= 11 is 4.76. The minimum absolute atomic E-state index is 0.125. The molecule has 4 nitrogen and oxygen atoms in total. The van der Waals surface area contributed by atoms with Crippen LogP contribution in [0.2, 0.25) is 0 Å². The van der Waals surface area contributed by atoms with Crippen molar-refractivity contribution in [2.24, 2.45) is 0 Å². The van der Waals surface area contributed by atoms with Crippen molar-refractivity contribution in [2.45, 2.75) is 6.92 Å². The number of hydrogen-bond acceptors (Lipinski definition) is 3. The van der Waals surface area contributed by atoms with Crippen molar-refractivity contribution in [3.8, 4) is 0 Å². The largest absolute Gasteiger partial charge is 0.481 e. The van der Waals surface area contributed by atoms with E-state index in [1.54, 1.807) is 0 Å². The number of aliphatic hydroxyl groups excluding tert-OH is 2. The summed E-state index contributed by atoms with van der Waals surface area (Å²) in [5.74, 6) is -0.833. The van der Waals surface area contributed by atoms with Crippen LogP contribution in [-0.4, -0.2) is 34.5 Å². The number of halogens is 1. The highest BCUT2D eigenvalue weighted by molar-refractivity contribution is 6.25. The van der Waals surface area contributed by atoms with Crippen LogP contribution in [-0.2, 0) is 4.79 Å². The van der Waals surface area contributed by atoms with Gasteiger partial charge in [0.05, 0.1) is 13.2 Å². The predicted octanol–water partition coefficient (Wildman–Crippen LogP) is 0.431. The number of carboxylic acids is 1. The van der Waals surface area contributed by atoms with Crippen molar-refractivity contribution in [1.29, 1.82) is 0 Å². The van der Waals surface area contributed by atoms with E-state index in [2.05, 4.69) is 6.58 Å². The van der Waals surface area contributed by atoms with Gasteiger partial charge in [0, 0.05) is 6.92 Å². The molecule has 0 radical (unpaired) electrons. The van der Waals surface area contributed by atoms with Crippen molar-refractivity contribution in [1.82, 2.24) is 0 Å². The third kappa shape index (κ3) is 2940. The van der Waals surface area contributed by atoms with E-state index in [9.17, 15) is 0 Å². The van der Waals surface area contributed by atoms with Crippen molar-refractivity contribution >= 4 is 17.6 Å². The van der Waals surface area contributed by atoms with Crippen molar-refractivity contribution < 1.29 is 20.1 Å². The highest BCUT2D eigenvalue weighted by Gasteiger charge is 1.65. The van der Waals surface area contributed by atoms with Gasteiger partial charge in [0.2, 0.25) is 0 Å². The molecular formula is C6H13ClO4. The average molecular weight is 185 g/mol. The van der Waals surface area contributed by atoms with Gasteiger partial charge in [-0.2, -0.15) is 0 Å². The Morgan fingerprint density at radius 1 is 1.55 bits per heavy atom. The fourth-order valence-corrected chi connectivity index (χ4v) is 0. The van der Waals surface area contributed by atoms with E-state index in [4.69, 9.17) is 31.7 Å². The smallest absolute Gasteiger partial charge is 0.300 e. The third-order valence-corrected chi connectivity index (χ3v) is 0.1000. The van der Waals surface area contributed by atoms with Crippen LogP contribution in [0.15, 0.2) is 12.1 Å². The SMILES string of the molecule is C=CCl.CC(=O)O.OCCO. The summed E-state index contributed by atoms with van der Waals surface area (Å²) in [5, 5.41) is 22.7. The van der Waals surface area contributed by atoms with E-state index in [1.165, 1.54) is 5.54 Å². The fourth-order valence-electron chi connectivity index (χ4n) is 0. The first kappa shape index (κ1) is 16.8. The van der Waals surface area contributed by atoms with Gasteiger partial charge in [-0.3, -0.25) is 4.79 Å². The minimum Gasteiger partial charge on any atom is -0.481 e. The molecule has 68 valence electrons. The lowest BCUT2D eigenvalue weighted by Gasteiger charge is -1.70. The summed E-state index contributed by atoms with van der Waals surface area (Å²) in [5.41, 5.74) is 1.22. The second kappa shape index (κ2) is 22.7. The highest BCUT2D eigenvalue weighted by Crippen LogP contribution is 1.60. The van der Waals surface area contributed by atoms with E-state index in [-0.39, 0.29) is 13.2 Å². The van der Waals surface area contributed by atoms with Crippen LogP contribution in [0.4, 0.5) is 0 Å². The number of rotatable bonds is 1. The van der Waals surface area contributed by atoms with Crippen molar-refractivity contribution in [3.63, 3.8) is 0 Å². The normalized spacial score (nSPS) is 6.18. The predicted molar refractivity (Wildman–Crippen MR) is 43.5 cm³/mol. The summed E-state index contributed by atoms with van der Waals surface area (Å²) < 4.78 is 0. The van der Waals surface area contributed by atoms with E-state index in [1.807, 2.05) is 0 Å². The van der Waals surface area contributed by atoms with Crippen LogP contribution in [0.25, 0.3) is 0 Å². The van der Waals surface area contributed by atoms with Crippen molar-refractivity contribution in [2.75, 3.05) is 13.2 Å². The molecule has 0 saturated heterocycles. The second-order valence-corrected chi connectivity index (χ2v) is 1.43. The summed E-state index contributed by atoms with van der Waals surface area (Å²) in [7, 11) is 0. The maximum Gasteiger partial charge on any atom is 0.300 e. The van der Waals surface area contributed by atoms with Gasteiger partial charge in [-0.1, -0.05) is 18.2 Å². The van der Waals surface area contributed by atoms with Crippen LogP contribution >= 0.6 is 11.6 Å². The first-order valence-corrected chi connectivity index (χ1v) is 3.12. The quantitative estimate of drug-likeness (QED) is 0.552. The van der Waals surface area contributed by atoms with E-state index in [0.717, 1.165) is 6.92 Å². The van der Waals surface area contributed by atoms with Crippen molar-refractivity contribution in [3.05, 3.63) is 12.1 Å². The molecule has 3 N–H and O–H groups in total. The molecule has 0 rings (SSSR count). The zero-order valence-electron chi connectivity index (χ0n) is 6.33. The Bertz CT molecular complexity index is 78.7. The van der Waals surface area contributed by atoms with Gasteiger partial charge in [-0.25, -0.2) is 0 Å². The molecule has 0 unspecified atom stereocenters. The topological polar surface area (TPSA) is 77.8 Å². The lowest BCUT2D eigenvalue weighted by molar-refractivity contribution is -0.134.